The van der Waals surface area contributed by atoms with E-state index in [-0.39, 0.29) is 11.8 Å². The third-order valence-electron chi connectivity index (χ3n) is 4.18. The van der Waals surface area contributed by atoms with E-state index in [4.69, 9.17) is 4.74 Å². The van der Waals surface area contributed by atoms with E-state index in [0.717, 1.165) is 11.3 Å². The maximum atomic E-state index is 12.8. The summed E-state index contributed by atoms with van der Waals surface area (Å²) < 4.78 is 37.0. The minimum absolute atomic E-state index is 0.0701. The predicted octanol–water partition coefficient (Wildman–Crippen LogP) is 3.34. The van der Waals surface area contributed by atoms with Crippen LogP contribution in [0.1, 0.15) is 17.2 Å². The Hall–Kier alpha value is -3.49. The molecule has 1 aliphatic heterocycles. The Labute approximate surface area is 153 Å². The van der Waals surface area contributed by atoms with Gasteiger partial charge in [0.2, 0.25) is 5.95 Å². The number of nitrogens with zero attached hydrogens (tertiary/aromatic N) is 4. The van der Waals surface area contributed by atoms with Gasteiger partial charge in [0.15, 0.2) is 0 Å². The number of rotatable bonds is 5. The van der Waals surface area contributed by atoms with E-state index in [0.29, 0.717) is 17.2 Å². The van der Waals surface area contributed by atoms with Crippen molar-refractivity contribution >= 4 is 11.6 Å². The van der Waals surface area contributed by atoms with Gasteiger partial charge >= 0.3 is 6.61 Å². The molecular formula is C18H15F2N5O2. The number of fused-ring (bicyclic) bond motifs is 1. The Morgan fingerprint density at radius 1 is 1.11 bits per heavy atom. The number of aromatic nitrogens is 4. The lowest BCUT2D eigenvalue weighted by Gasteiger charge is -2.24. The van der Waals surface area contributed by atoms with Crippen LogP contribution in [0.3, 0.4) is 0 Å². The largest absolute Gasteiger partial charge is 0.497 e. The molecule has 1 atom stereocenters. The Morgan fingerprint density at radius 2 is 1.89 bits per heavy atom. The van der Waals surface area contributed by atoms with E-state index in [1.54, 1.807) is 30.0 Å². The number of hydrogen-bond acceptors (Lipinski definition) is 6. The first kappa shape index (κ1) is 17.0. The molecule has 1 unspecified atom stereocenters. The number of anilines is 1. The fraction of sp³-hybridized carbons (Fsp3) is 0.167. The van der Waals surface area contributed by atoms with Crippen LogP contribution in [0.4, 0.5) is 14.7 Å². The van der Waals surface area contributed by atoms with E-state index >= 15 is 0 Å². The smallest absolute Gasteiger partial charge is 0.387 e. The van der Waals surface area contributed by atoms with Gasteiger partial charge in [0.1, 0.15) is 17.5 Å². The van der Waals surface area contributed by atoms with Crippen molar-refractivity contribution in [2.45, 2.75) is 12.7 Å². The molecule has 0 radical (unpaired) electrons. The summed E-state index contributed by atoms with van der Waals surface area (Å²) in [4.78, 5) is 0. The molecule has 138 valence electrons. The summed E-state index contributed by atoms with van der Waals surface area (Å²) in [5, 5.41) is 14.8. The van der Waals surface area contributed by atoms with Crippen LogP contribution in [0.5, 0.6) is 11.5 Å². The van der Waals surface area contributed by atoms with Gasteiger partial charge in [-0.1, -0.05) is 29.4 Å². The van der Waals surface area contributed by atoms with E-state index in [1.165, 1.54) is 6.07 Å². The quantitative estimate of drug-likeness (QED) is 0.742. The van der Waals surface area contributed by atoms with Crippen LogP contribution in [0.2, 0.25) is 0 Å². The zero-order chi connectivity index (χ0) is 18.8. The first-order valence-electron chi connectivity index (χ1n) is 8.10. The first-order chi connectivity index (χ1) is 13.2. The van der Waals surface area contributed by atoms with Crippen molar-refractivity contribution in [3.8, 4) is 11.5 Å². The van der Waals surface area contributed by atoms with E-state index in [1.807, 2.05) is 30.3 Å². The maximum Gasteiger partial charge on any atom is 0.387 e. The minimum atomic E-state index is -2.92. The highest BCUT2D eigenvalue weighted by molar-refractivity contribution is 5.80. The second-order valence-electron chi connectivity index (χ2n) is 5.75. The van der Waals surface area contributed by atoms with Crippen molar-refractivity contribution in [3.63, 3.8) is 0 Å². The van der Waals surface area contributed by atoms with E-state index in [2.05, 4.69) is 25.6 Å². The molecule has 0 saturated heterocycles. The molecule has 0 amide bonds. The Balaban J connectivity index is 1.77. The third kappa shape index (κ3) is 3.31. The summed E-state index contributed by atoms with van der Waals surface area (Å²) in [5.74, 6) is 1.20. The van der Waals surface area contributed by atoms with Gasteiger partial charge in [-0.3, -0.25) is 0 Å². The molecule has 1 aromatic heterocycles. The van der Waals surface area contributed by atoms with Crippen molar-refractivity contribution in [2.75, 3.05) is 12.4 Å². The molecule has 2 heterocycles. The molecule has 1 aliphatic rings. The van der Waals surface area contributed by atoms with Gasteiger partial charge in [0.25, 0.3) is 0 Å². The minimum Gasteiger partial charge on any atom is -0.497 e. The summed E-state index contributed by atoms with van der Waals surface area (Å²) in [7, 11) is 1.59. The molecule has 7 nitrogen and oxygen atoms in total. The first-order valence-corrected chi connectivity index (χ1v) is 8.10. The monoisotopic (exact) mass is 371 g/mol. The summed E-state index contributed by atoms with van der Waals surface area (Å²) in [6.07, 6.45) is 1.86. The summed E-state index contributed by atoms with van der Waals surface area (Å²) >= 11 is 0. The highest BCUT2D eigenvalue weighted by Gasteiger charge is 2.26. The standard InChI is InChI=1S/C18H15F2N5O2/c1-26-12-8-6-11(7-9-12)15-10-14(21-18-22-23-24-25(15)18)13-4-2-3-5-16(13)27-17(19)20/h2-10,15,17H,1H3,(H,21,22,24). The zero-order valence-electron chi connectivity index (χ0n) is 14.2. The molecular weight excluding hydrogens is 356 g/mol. The van der Waals surface area contributed by atoms with Gasteiger partial charge in [-0.2, -0.15) is 13.5 Å². The number of nitrogens with one attached hydrogen (secondary N) is 1. The molecule has 0 spiro atoms. The van der Waals surface area contributed by atoms with Crippen LogP contribution in [0.25, 0.3) is 5.70 Å². The van der Waals surface area contributed by atoms with Crippen molar-refractivity contribution in [2.24, 2.45) is 0 Å². The van der Waals surface area contributed by atoms with E-state index < -0.39 is 6.61 Å². The maximum absolute atomic E-state index is 12.8. The lowest BCUT2D eigenvalue weighted by Crippen LogP contribution is -2.20. The number of para-hydroxylation sites is 1. The van der Waals surface area contributed by atoms with Gasteiger partial charge in [-0.15, -0.1) is 0 Å². The summed E-state index contributed by atoms with van der Waals surface area (Å²) in [5.41, 5.74) is 1.98. The number of benzene rings is 2. The summed E-state index contributed by atoms with van der Waals surface area (Å²) in [6, 6.07) is 13.7. The van der Waals surface area contributed by atoms with Gasteiger partial charge < -0.3 is 14.8 Å². The van der Waals surface area contributed by atoms with Crippen LogP contribution in [-0.2, 0) is 0 Å². The molecule has 27 heavy (non-hydrogen) atoms. The van der Waals surface area contributed by atoms with Crippen LogP contribution in [0.15, 0.2) is 54.6 Å². The Bertz CT molecular complexity index is 972. The molecule has 9 heteroatoms. The van der Waals surface area contributed by atoms with Crippen molar-refractivity contribution < 1.29 is 18.3 Å². The molecule has 1 N–H and O–H groups in total. The second-order valence-corrected chi connectivity index (χ2v) is 5.75. The van der Waals surface area contributed by atoms with Crippen molar-refractivity contribution in [3.05, 3.63) is 65.7 Å². The normalized spacial score (nSPS) is 15.7. The average molecular weight is 371 g/mol. The number of allylic oxidation sites excluding steroid dienone is 1. The average Bonchev–Trinajstić information content (AvgIpc) is 3.16. The van der Waals surface area contributed by atoms with Crippen molar-refractivity contribution in [1.82, 2.24) is 20.2 Å². The lowest BCUT2D eigenvalue weighted by molar-refractivity contribution is -0.0500. The molecule has 0 fully saturated rings. The van der Waals surface area contributed by atoms with Crippen LogP contribution < -0.4 is 14.8 Å². The van der Waals surface area contributed by atoms with E-state index in [9.17, 15) is 8.78 Å². The molecule has 0 bridgehead atoms. The zero-order valence-corrected chi connectivity index (χ0v) is 14.2. The number of hydrogen-bond donors (Lipinski definition) is 1. The van der Waals surface area contributed by atoms with Gasteiger partial charge in [0, 0.05) is 5.56 Å². The number of methoxy groups -OCH3 is 1. The predicted molar refractivity (Wildman–Crippen MR) is 93.6 cm³/mol. The van der Waals surface area contributed by atoms with Gasteiger partial charge in [0.05, 0.1) is 12.8 Å². The number of halogens is 2. The lowest BCUT2D eigenvalue weighted by atomic mass is 10.0. The van der Waals surface area contributed by atoms with Crippen molar-refractivity contribution in [1.29, 1.82) is 0 Å². The fourth-order valence-corrected chi connectivity index (χ4v) is 2.94. The molecule has 3 aromatic rings. The Morgan fingerprint density at radius 3 is 2.63 bits per heavy atom. The van der Waals surface area contributed by atoms with Crippen LogP contribution in [-0.4, -0.2) is 33.9 Å². The molecule has 2 aromatic carbocycles. The summed E-state index contributed by atoms with van der Waals surface area (Å²) in [6.45, 7) is -2.92. The van der Waals surface area contributed by atoms with Gasteiger partial charge in [-0.05, 0) is 46.3 Å². The third-order valence-corrected chi connectivity index (χ3v) is 4.18. The Kier molecular flexibility index (Phi) is 4.41. The van der Waals surface area contributed by atoms with Crippen LogP contribution in [0, 0.1) is 0 Å². The highest BCUT2D eigenvalue weighted by Crippen LogP contribution is 2.35. The number of ether oxygens (including phenoxy) is 2. The number of tetrazole rings is 1. The van der Waals surface area contributed by atoms with Gasteiger partial charge in [-0.25, -0.2) is 0 Å². The van der Waals surface area contributed by atoms with Crippen LogP contribution >= 0.6 is 0 Å². The molecule has 4 rings (SSSR count). The highest BCUT2D eigenvalue weighted by atomic mass is 19.3. The SMILES string of the molecule is COc1ccc(C2C=C(c3ccccc3OC(F)F)Nc3nnnn32)cc1. The molecule has 0 saturated carbocycles. The number of alkyl halides is 2. The topological polar surface area (TPSA) is 74.1 Å². The molecule has 0 aliphatic carbocycles. The fourth-order valence-electron chi connectivity index (χ4n) is 2.94. The second kappa shape index (κ2) is 7.02.